The molecule has 2 aliphatic rings. The maximum Gasteiger partial charge on any atom is 0.410 e. The fourth-order valence-corrected chi connectivity index (χ4v) is 6.27. The van der Waals surface area contributed by atoms with Crippen LogP contribution in [-0.4, -0.2) is 78.2 Å². The zero-order chi connectivity index (χ0) is 31.8. The van der Waals surface area contributed by atoms with Crippen LogP contribution in [0.1, 0.15) is 92.1 Å². The van der Waals surface area contributed by atoms with Crippen LogP contribution in [0, 0.1) is 11.3 Å². The zero-order valence-electron chi connectivity index (χ0n) is 27.4. The van der Waals surface area contributed by atoms with Gasteiger partial charge in [0.2, 0.25) is 5.91 Å². The third-order valence-electron chi connectivity index (χ3n) is 8.46. The van der Waals surface area contributed by atoms with E-state index in [9.17, 15) is 14.4 Å². The lowest BCUT2D eigenvalue weighted by Gasteiger charge is -2.47. The number of hydrazine groups is 1. The number of carbonyl (C=O) groups excluding carboxylic acids is 3. The summed E-state index contributed by atoms with van der Waals surface area (Å²) in [4.78, 5) is 41.3. The highest BCUT2D eigenvalue weighted by atomic mass is 35.5. The van der Waals surface area contributed by atoms with E-state index in [1.54, 1.807) is 7.05 Å². The molecular formula is C33H54ClN5O4. The number of nitrogens with one attached hydrogen (secondary N) is 3. The first kappa shape index (κ1) is 35.1. The second-order valence-corrected chi connectivity index (χ2v) is 14.8. The van der Waals surface area contributed by atoms with Crippen molar-refractivity contribution < 1.29 is 19.1 Å². The lowest BCUT2D eigenvalue weighted by molar-refractivity contribution is -0.143. The van der Waals surface area contributed by atoms with E-state index in [4.69, 9.17) is 16.3 Å². The lowest BCUT2D eigenvalue weighted by Crippen LogP contribution is -2.60. The molecule has 1 aliphatic carbocycles. The van der Waals surface area contributed by atoms with E-state index in [0.717, 1.165) is 31.2 Å². The summed E-state index contributed by atoms with van der Waals surface area (Å²) >= 11 is 6.09. The molecule has 0 radical (unpaired) electrons. The van der Waals surface area contributed by atoms with Gasteiger partial charge in [-0.3, -0.25) is 15.0 Å². The van der Waals surface area contributed by atoms with Crippen molar-refractivity contribution in [2.75, 3.05) is 33.2 Å². The molecule has 10 heteroatoms. The van der Waals surface area contributed by atoms with E-state index in [1.807, 2.05) is 70.8 Å². The number of likely N-dealkylation sites (N-methyl/N-ethyl adjacent to an activating group) is 1. The molecule has 3 amide bonds. The maximum atomic E-state index is 13.7. The summed E-state index contributed by atoms with van der Waals surface area (Å²) in [5.41, 5.74) is 2.85. The second-order valence-electron chi connectivity index (χ2n) is 14.4. The highest BCUT2D eigenvalue weighted by Crippen LogP contribution is 2.46. The summed E-state index contributed by atoms with van der Waals surface area (Å²) in [6.07, 6.45) is 7.28. The van der Waals surface area contributed by atoms with Gasteiger partial charge in [-0.1, -0.05) is 43.0 Å². The van der Waals surface area contributed by atoms with Gasteiger partial charge >= 0.3 is 6.09 Å². The molecule has 1 atom stereocenters. The number of hydrogen-bond acceptors (Lipinski definition) is 6. The van der Waals surface area contributed by atoms with Gasteiger partial charge < -0.3 is 20.3 Å². The average molecular weight is 620 g/mol. The summed E-state index contributed by atoms with van der Waals surface area (Å²) in [7, 11) is 1.69. The first-order chi connectivity index (χ1) is 20.1. The minimum Gasteiger partial charge on any atom is -0.444 e. The minimum atomic E-state index is -0.577. The van der Waals surface area contributed by atoms with Crippen LogP contribution in [0.3, 0.4) is 0 Å². The molecule has 3 N–H and O–H groups in total. The molecule has 43 heavy (non-hydrogen) atoms. The van der Waals surface area contributed by atoms with Gasteiger partial charge in [0.1, 0.15) is 5.60 Å². The van der Waals surface area contributed by atoms with Crippen LogP contribution in [0.5, 0.6) is 0 Å². The van der Waals surface area contributed by atoms with Gasteiger partial charge in [0.05, 0.1) is 11.5 Å². The number of nitrogens with zero attached hydrogens (tertiary/aromatic N) is 2. The molecule has 0 bridgehead atoms. The van der Waals surface area contributed by atoms with Crippen LogP contribution >= 0.6 is 11.6 Å². The van der Waals surface area contributed by atoms with Crippen molar-refractivity contribution in [1.29, 1.82) is 0 Å². The summed E-state index contributed by atoms with van der Waals surface area (Å²) in [6.45, 7) is 13.6. The van der Waals surface area contributed by atoms with E-state index >= 15 is 0 Å². The Balaban J connectivity index is 1.65. The number of rotatable bonds is 10. The van der Waals surface area contributed by atoms with Gasteiger partial charge in [0, 0.05) is 43.8 Å². The average Bonchev–Trinajstić information content (AvgIpc) is 2.92. The van der Waals surface area contributed by atoms with Crippen LogP contribution < -0.4 is 16.1 Å². The molecule has 242 valence electrons. The smallest absolute Gasteiger partial charge is 0.410 e. The molecule has 1 saturated heterocycles. The standard InChI is InChI=1S/C33H54ClN5O4/c1-31(2,3)36-29(41)33(25-11-9-8-10-12-25)17-20-39(21-18-33)37-28(40)27(23-24-13-15-26(34)16-14-24)35-19-22-38(7)30(42)43-32(4,5)6/h13-16,25,27,35H,8-12,17-23H2,1-7H3,(H,36,41)(H,37,40)/t27-/m1/s1. The Morgan fingerprint density at radius 2 is 1.63 bits per heavy atom. The SMILES string of the molecule is CN(CCN[C@H](Cc1ccc(Cl)cc1)C(=O)NN1CCC(C(=O)NC(C)(C)C)(C2CCCCC2)CC1)C(=O)OC(C)(C)C. The number of ether oxygens (including phenoxy) is 1. The predicted octanol–water partition coefficient (Wildman–Crippen LogP) is 5.32. The van der Waals surface area contributed by atoms with Gasteiger partial charge in [0.25, 0.3) is 5.91 Å². The third kappa shape index (κ3) is 10.9. The van der Waals surface area contributed by atoms with Gasteiger partial charge in [-0.25, -0.2) is 9.80 Å². The lowest BCUT2D eigenvalue weighted by atomic mass is 9.63. The molecule has 1 aromatic rings. The molecular weight excluding hydrogens is 566 g/mol. The normalized spacial score (nSPS) is 18.9. The molecule has 3 rings (SSSR count). The van der Waals surface area contributed by atoms with E-state index in [-0.39, 0.29) is 17.4 Å². The van der Waals surface area contributed by atoms with Crippen LogP contribution in [0.4, 0.5) is 4.79 Å². The molecule has 1 aliphatic heterocycles. The van der Waals surface area contributed by atoms with Crippen molar-refractivity contribution in [3.05, 3.63) is 34.9 Å². The van der Waals surface area contributed by atoms with E-state index < -0.39 is 23.2 Å². The molecule has 0 aromatic heterocycles. The maximum absolute atomic E-state index is 13.7. The Morgan fingerprint density at radius 1 is 1.02 bits per heavy atom. The summed E-state index contributed by atoms with van der Waals surface area (Å²) in [6, 6.07) is 6.96. The van der Waals surface area contributed by atoms with Gasteiger partial charge in [-0.05, 0) is 97.3 Å². The van der Waals surface area contributed by atoms with Crippen molar-refractivity contribution in [2.24, 2.45) is 11.3 Å². The molecule has 1 saturated carbocycles. The fourth-order valence-electron chi connectivity index (χ4n) is 6.14. The van der Waals surface area contributed by atoms with E-state index in [2.05, 4.69) is 16.1 Å². The monoisotopic (exact) mass is 619 g/mol. The van der Waals surface area contributed by atoms with Crippen molar-refractivity contribution in [2.45, 2.75) is 110 Å². The van der Waals surface area contributed by atoms with Crippen molar-refractivity contribution in [1.82, 2.24) is 26.0 Å². The number of carbonyl (C=O) groups is 3. The van der Waals surface area contributed by atoms with Gasteiger partial charge in [-0.15, -0.1) is 0 Å². The topological polar surface area (TPSA) is 103 Å². The Morgan fingerprint density at radius 3 is 2.19 bits per heavy atom. The molecule has 0 spiro atoms. The second kappa shape index (κ2) is 15.1. The first-order valence-electron chi connectivity index (χ1n) is 15.9. The highest BCUT2D eigenvalue weighted by molar-refractivity contribution is 6.30. The van der Waals surface area contributed by atoms with Crippen molar-refractivity contribution in [3.63, 3.8) is 0 Å². The Labute approximate surface area is 263 Å². The van der Waals surface area contributed by atoms with E-state index in [1.165, 1.54) is 24.2 Å². The van der Waals surface area contributed by atoms with Gasteiger partial charge in [0.15, 0.2) is 0 Å². The Kier molecular flexibility index (Phi) is 12.3. The molecule has 9 nitrogen and oxygen atoms in total. The highest BCUT2D eigenvalue weighted by Gasteiger charge is 2.48. The first-order valence-corrected chi connectivity index (χ1v) is 16.3. The van der Waals surface area contributed by atoms with Crippen LogP contribution in [-0.2, 0) is 20.7 Å². The number of amides is 3. The van der Waals surface area contributed by atoms with Crippen molar-refractivity contribution in [3.8, 4) is 0 Å². The molecule has 0 unspecified atom stereocenters. The molecule has 2 fully saturated rings. The Hall–Kier alpha value is -2.36. The third-order valence-corrected chi connectivity index (χ3v) is 8.72. The number of piperidine rings is 1. The minimum absolute atomic E-state index is 0.140. The van der Waals surface area contributed by atoms with Crippen molar-refractivity contribution >= 4 is 29.5 Å². The molecule has 1 heterocycles. The fraction of sp³-hybridized carbons (Fsp3) is 0.727. The zero-order valence-corrected chi connectivity index (χ0v) is 28.1. The summed E-state index contributed by atoms with van der Waals surface area (Å²) in [5.74, 6) is 0.399. The van der Waals surface area contributed by atoms with Crippen LogP contribution in [0.2, 0.25) is 5.02 Å². The summed E-state index contributed by atoms with van der Waals surface area (Å²) < 4.78 is 5.45. The van der Waals surface area contributed by atoms with Crippen LogP contribution in [0.25, 0.3) is 0 Å². The largest absolute Gasteiger partial charge is 0.444 e. The van der Waals surface area contributed by atoms with Crippen LogP contribution in [0.15, 0.2) is 24.3 Å². The molecule has 1 aromatic carbocycles. The summed E-state index contributed by atoms with van der Waals surface area (Å²) in [5, 5.41) is 9.24. The number of halogens is 1. The quantitative estimate of drug-likeness (QED) is 0.328. The number of hydrogen-bond donors (Lipinski definition) is 3. The number of benzene rings is 1. The van der Waals surface area contributed by atoms with Gasteiger partial charge in [-0.2, -0.15) is 0 Å². The Bertz CT molecular complexity index is 1070. The predicted molar refractivity (Wildman–Crippen MR) is 172 cm³/mol. The van der Waals surface area contributed by atoms with E-state index in [0.29, 0.717) is 43.5 Å².